The Labute approximate surface area is 122 Å². The molecule has 108 valence electrons. The molecule has 0 aliphatic rings. The molecule has 0 atom stereocenters. The number of carboxylic acids is 1. The zero-order valence-electron chi connectivity index (χ0n) is 11.5. The first kappa shape index (κ1) is 14.6. The number of pyridine rings is 1. The third-order valence-electron chi connectivity index (χ3n) is 2.56. The molecular weight excluding hydrogens is 270 g/mol. The van der Waals surface area contributed by atoms with Crippen LogP contribution in [0.2, 0.25) is 0 Å². The van der Waals surface area contributed by atoms with Gasteiger partial charge < -0.3 is 14.6 Å². The minimum Gasteiger partial charge on any atom is -0.490 e. The van der Waals surface area contributed by atoms with Crippen molar-refractivity contribution in [2.75, 3.05) is 6.61 Å². The van der Waals surface area contributed by atoms with Crippen molar-refractivity contribution in [2.45, 2.75) is 6.92 Å². The molecule has 0 spiro atoms. The fourth-order valence-corrected chi connectivity index (χ4v) is 1.69. The van der Waals surface area contributed by atoms with E-state index in [1.807, 2.05) is 19.1 Å². The fourth-order valence-electron chi connectivity index (χ4n) is 1.69. The number of para-hydroxylation sites is 2. The molecule has 1 aromatic carbocycles. The van der Waals surface area contributed by atoms with E-state index in [1.54, 1.807) is 30.5 Å². The summed E-state index contributed by atoms with van der Waals surface area (Å²) in [6, 6.07) is 10.7. The topological polar surface area (TPSA) is 68.7 Å². The van der Waals surface area contributed by atoms with Crippen LogP contribution in [0.5, 0.6) is 17.4 Å². The highest BCUT2D eigenvalue weighted by molar-refractivity contribution is 5.85. The van der Waals surface area contributed by atoms with E-state index in [0.29, 0.717) is 29.5 Å². The van der Waals surface area contributed by atoms with E-state index in [4.69, 9.17) is 14.6 Å². The van der Waals surface area contributed by atoms with Crippen LogP contribution in [-0.2, 0) is 4.79 Å². The van der Waals surface area contributed by atoms with Crippen LogP contribution in [0.15, 0.2) is 48.7 Å². The van der Waals surface area contributed by atoms with Crippen LogP contribution in [0.3, 0.4) is 0 Å². The third-order valence-corrected chi connectivity index (χ3v) is 2.56. The van der Waals surface area contributed by atoms with E-state index in [9.17, 15) is 4.79 Å². The molecule has 21 heavy (non-hydrogen) atoms. The smallest absolute Gasteiger partial charge is 0.328 e. The Morgan fingerprint density at radius 2 is 2.00 bits per heavy atom. The van der Waals surface area contributed by atoms with Gasteiger partial charge >= 0.3 is 5.97 Å². The van der Waals surface area contributed by atoms with Gasteiger partial charge in [-0.2, -0.15) is 0 Å². The minimum absolute atomic E-state index is 0.321. The molecule has 0 saturated carbocycles. The number of hydrogen-bond donors (Lipinski definition) is 1. The molecular formula is C16H15NO4. The molecule has 1 aromatic heterocycles. The first-order valence-electron chi connectivity index (χ1n) is 6.46. The van der Waals surface area contributed by atoms with Crippen LogP contribution in [-0.4, -0.2) is 22.7 Å². The number of rotatable bonds is 6. The second-order valence-corrected chi connectivity index (χ2v) is 4.05. The van der Waals surface area contributed by atoms with Gasteiger partial charge in [0.1, 0.15) is 0 Å². The normalized spacial score (nSPS) is 10.5. The Morgan fingerprint density at radius 3 is 2.71 bits per heavy atom. The van der Waals surface area contributed by atoms with E-state index in [0.717, 1.165) is 6.08 Å². The Kier molecular flexibility index (Phi) is 4.93. The van der Waals surface area contributed by atoms with E-state index in [-0.39, 0.29) is 0 Å². The number of carbonyl (C=O) groups is 1. The van der Waals surface area contributed by atoms with Gasteiger partial charge in [-0.3, -0.25) is 0 Å². The molecule has 1 N–H and O–H groups in total. The lowest BCUT2D eigenvalue weighted by atomic mass is 10.2. The predicted octanol–water partition coefficient (Wildman–Crippen LogP) is 3.37. The summed E-state index contributed by atoms with van der Waals surface area (Å²) in [5.41, 5.74) is 0.575. The van der Waals surface area contributed by atoms with Crippen LogP contribution in [0, 0.1) is 0 Å². The summed E-state index contributed by atoms with van der Waals surface area (Å²) in [4.78, 5) is 14.7. The van der Waals surface area contributed by atoms with E-state index < -0.39 is 5.97 Å². The minimum atomic E-state index is -1.03. The van der Waals surface area contributed by atoms with Crippen molar-refractivity contribution in [2.24, 2.45) is 0 Å². The summed E-state index contributed by atoms with van der Waals surface area (Å²) < 4.78 is 11.2. The highest BCUT2D eigenvalue weighted by Crippen LogP contribution is 2.32. The number of benzene rings is 1. The van der Waals surface area contributed by atoms with Gasteiger partial charge in [0, 0.05) is 17.8 Å². The molecule has 2 aromatic rings. The molecule has 0 fully saturated rings. The van der Waals surface area contributed by atoms with Gasteiger partial charge in [-0.15, -0.1) is 0 Å². The third kappa shape index (κ3) is 4.07. The van der Waals surface area contributed by atoms with Crippen molar-refractivity contribution in [3.05, 3.63) is 54.2 Å². The molecule has 0 bridgehead atoms. The summed E-state index contributed by atoms with van der Waals surface area (Å²) in [7, 11) is 0. The van der Waals surface area contributed by atoms with Crippen molar-refractivity contribution in [3.63, 3.8) is 0 Å². The Balaban J connectivity index is 2.30. The Bertz CT molecular complexity index is 652. The number of aromatic nitrogens is 1. The fraction of sp³-hybridized carbons (Fsp3) is 0.125. The van der Waals surface area contributed by atoms with E-state index in [1.165, 1.54) is 6.08 Å². The molecule has 0 unspecified atom stereocenters. The van der Waals surface area contributed by atoms with Crippen molar-refractivity contribution < 1.29 is 19.4 Å². The number of carboxylic acid groups (broad SMARTS) is 1. The standard InChI is InChI=1S/C16H15NO4/c1-2-20-13-7-3-4-8-14(13)21-16-12(6-5-11-17-16)9-10-15(18)19/h3-11H,2H2,1H3,(H,18,19)/b10-9+. The summed E-state index contributed by atoms with van der Waals surface area (Å²) in [5.74, 6) is 0.434. The van der Waals surface area contributed by atoms with Crippen LogP contribution in [0.25, 0.3) is 6.08 Å². The lowest BCUT2D eigenvalue weighted by Crippen LogP contribution is -1.97. The largest absolute Gasteiger partial charge is 0.490 e. The predicted molar refractivity (Wildman–Crippen MR) is 78.6 cm³/mol. The SMILES string of the molecule is CCOc1ccccc1Oc1ncccc1/C=C/C(=O)O. The van der Waals surface area contributed by atoms with Gasteiger partial charge in [-0.05, 0) is 37.3 Å². The van der Waals surface area contributed by atoms with Crippen LogP contribution in [0.1, 0.15) is 12.5 Å². The van der Waals surface area contributed by atoms with Gasteiger partial charge in [-0.25, -0.2) is 9.78 Å². The zero-order valence-corrected chi connectivity index (χ0v) is 11.5. The highest BCUT2D eigenvalue weighted by Gasteiger charge is 2.08. The van der Waals surface area contributed by atoms with Crippen molar-refractivity contribution in [1.29, 1.82) is 0 Å². The van der Waals surface area contributed by atoms with Crippen molar-refractivity contribution >= 4 is 12.0 Å². The quantitative estimate of drug-likeness (QED) is 0.824. The molecule has 0 amide bonds. The average Bonchev–Trinajstić information content (AvgIpc) is 2.48. The van der Waals surface area contributed by atoms with Crippen LogP contribution < -0.4 is 9.47 Å². The number of hydrogen-bond acceptors (Lipinski definition) is 4. The maximum Gasteiger partial charge on any atom is 0.328 e. The first-order chi connectivity index (χ1) is 10.2. The average molecular weight is 285 g/mol. The number of aliphatic carboxylic acids is 1. The van der Waals surface area contributed by atoms with Gasteiger partial charge in [0.2, 0.25) is 5.88 Å². The summed E-state index contributed by atoms with van der Waals surface area (Å²) in [6.07, 6.45) is 4.06. The summed E-state index contributed by atoms with van der Waals surface area (Å²) in [6.45, 7) is 2.41. The Morgan fingerprint density at radius 1 is 1.24 bits per heavy atom. The molecule has 5 nitrogen and oxygen atoms in total. The van der Waals surface area contributed by atoms with Gasteiger partial charge in [0.05, 0.1) is 6.61 Å². The van der Waals surface area contributed by atoms with Crippen LogP contribution in [0.4, 0.5) is 0 Å². The van der Waals surface area contributed by atoms with Gasteiger partial charge in [-0.1, -0.05) is 12.1 Å². The second-order valence-electron chi connectivity index (χ2n) is 4.05. The molecule has 0 radical (unpaired) electrons. The summed E-state index contributed by atoms with van der Waals surface area (Å²) >= 11 is 0. The lowest BCUT2D eigenvalue weighted by Gasteiger charge is -2.11. The number of nitrogens with zero attached hydrogens (tertiary/aromatic N) is 1. The molecule has 0 aliphatic carbocycles. The molecule has 2 rings (SSSR count). The molecule has 0 saturated heterocycles. The molecule has 1 heterocycles. The zero-order chi connectivity index (χ0) is 15.1. The summed E-state index contributed by atoms with van der Waals surface area (Å²) in [5, 5.41) is 8.70. The monoisotopic (exact) mass is 285 g/mol. The van der Waals surface area contributed by atoms with Gasteiger partial charge in [0.25, 0.3) is 0 Å². The van der Waals surface area contributed by atoms with Crippen LogP contribution >= 0.6 is 0 Å². The van der Waals surface area contributed by atoms with E-state index >= 15 is 0 Å². The Hall–Kier alpha value is -2.82. The highest BCUT2D eigenvalue weighted by atomic mass is 16.5. The second kappa shape index (κ2) is 7.09. The first-order valence-corrected chi connectivity index (χ1v) is 6.46. The van der Waals surface area contributed by atoms with Crippen molar-refractivity contribution in [1.82, 2.24) is 4.98 Å². The van der Waals surface area contributed by atoms with E-state index in [2.05, 4.69) is 4.98 Å². The van der Waals surface area contributed by atoms with Crippen molar-refractivity contribution in [3.8, 4) is 17.4 Å². The maximum atomic E-state index is 10.6. The lowest BCUT2D eigenvalue weighted by molar-refractivity contribution is -0.131. The number of ether oxygens (including phenoxy) is 2. The molecule has 5 heteroatoms. The van der Waals surface area contributed by atoms with Gasteiger partial charge in [0.15, 0.2) is 11.5 Å². The maximum absolute atomic E-state index is 10.6. The molecule has 0 aliphatic heterocycles.